The summed E-state index contributed by atoms with van der Waals surface area (Å²) >= 11 is 0. The number of hydrogen-bond donors (Lipinski definition) is 3. The summed E-state index contributed by atoms with van der Waals surface area (Å²) in [5.74, 6) is -0.480. The molecule has 0 bridgehead atoms. The molecule has 0 radical (unpaired) electrons. The van der Waals surface area contributed by atoms with Crippen molar-refractivity contribution in [2.75, 3.05) is 38.2 Å². The fourth-order valence-electron chi connectivity index (χ4n) is 6.08. The number of anilines is 1. The summed E-state index contributed by atoms with van der Waals surface area (Å²) < 4.78 is 26.0. The first-order valence-electron chi connectivity index (χ1n) is 14.3. The van der Waals surface area contributed by atoms with Crippen LogP contribution in [-0.4, -0.2) is 71.1 Å². The number of carboxylic acid groups (broad SMARTS) is 1. The zero-order chi connectivity index (χ0) is 27.2. The Morgan fingerprint density at radius 3 is 2.97 bits per heavy atom. The number of rotatable bonds is 12. The van der Waals surface area contributed by atoms with E-state index in [4.69, 9.17) is 14.5 Å². The van der Waals surface area contributed by atoms with Gasteiger partial charge in [0, 0.05) is 31.0 Å². The second-order valence-corrected chi connectivity index (χ2v) is 11.0. The first kappa shape index (κ1) is 28.0. The van der Waals surface area contributed by atoms with Gasteiger partial charge in [-0.3, -0.25) is 9.69 Å². The number of pyridine rings is 1. The fraction of sp³-hybridized carbons (Fsp3) is 0.600. The smallest absolute Gasteiger partial charge is 0.325 e. The molecule has 3 N–H and O–H groups in total. The number of benzene rings is 1. The molecule has 0 aliphatic carbocycles. The number of aliphatic hydroxyl groups excluding tert-OH is 1. The molecule has 0 amide bonds. The number of halogens is 1. The Labute approximate surface area is 229 Å². The van der Waals surface area contributed by atoms with Crippen LogP contribution in [0.5, 0.6) is 0 Å². The summed E-state index contributed by atoms with van der Waals surface area (Å²) in [6.45, 7) is 3.07. The van der Waals surface area contributed by atoms with Crippen molar-refractivity contribution in [2.45, 2.75) is 76.2 Å². The Morgan fingerprint density at radius 1 is 1.26 bits per heavy atom. The summed E-state index contributed by atoms with van der Waals surface area (Å²) in [5.41, 5.74) is 3.06. The van der Waals surface area contributed by atoms with E-state index in [-0.39, 0.29) is 24.2 Å². The summed E-state index contributed by atoms with van der Waals surface area (Å²) in [4.78, 5) is 19.0. The van der Waals surface area contributed by atoms with Gasteiger partial charge >= 0.3 is 5.97 Å². The quantitative estimate of drug-likeness (QED) is 0.345. The number of nitrogens with zero attached hydrogens (tertiary/aromatic N) is 2. The molecule has 212 valence electrons. The van der Waals surface area contributed by atoms with Gasteiger partial charge in [0.25, 0.3) is 0 Å². The standard InChI is InChI=1S/C30H40FN3O5/c31-26-8-3-7-24(25(26)19-39-23-13-16-38-18-23)28(30(36)37)34-15-12-21(17-34)27(35)9-2-1-6-22-11-10-20-5-4-14-32-29(20)33-22/h3,7-8,10-11,21,23,27-28,35H,1-2,4-6,9,12-19H2,(H,32,33)(H,36,37)/t21-,23?,27?,28?/m1/s1. The van der Waals surface area contributed by atoms with E-state index in [2.05, 4.69) is 17.4 Å². The molecular weight excluding hydrogens is 501 g/mol. The van der Waals surface area contributed by atoms with Gasteiger partial charge in [-0.2, -0.15) is 0 Å². The highest BCUT2D eigenvalue weighted by Crippen LogP contribution is 2.34. The second kappa shape index (κ2) is 13.2. The molecule has 4 heterocycles. The van der Waals surface area contributed by atoms with Gasteiger partial charge in [0.05, 0.1) is 25.4 Å². The van der Waals surface area contributed by atoms with E-state index in [1.54, 1.807) is 12.1 Å². The van der Waals surface area contributed by atoms with Crippen molar-refractivity contribution in [3.05, 3.63) is 58.5 Å². The Bertz CT molecular complexity index is 1130. The average molecular weight is 542 g/mol. The molecule has 3 aliphatic heterocycles. The van der Waals surface area contributed by atoms with Crippen molar-refractivity contribution < 1.29 is 28.9 Å². The van der Waals surface area contributed by atoms with Gasteiger partial charge in [-0.25, -0.2) is 9.37 Å². The molecular formula is C30H40FN3O5. The monoisotopic (exact) mass is 541 g/mol. The molecule has 0 spiro atoms. The SMILES string of the molecule is O=C(O)C(c1cccc(F)c1COC1CCOC1)N1CC[C@@H](C(O)CCCCc2ccc3c(n2)NCCC3)C1. The maximum absolute atomic E-state index is 14.8. The normalized spacial score (nSPS) is 22.8. The average Bonchev–Trinajstić information content (AvgIpc) is 3.63. The lowest BCUT2D eigenvalue weighted by molar-refractivity contribution is -0.143. The third-order valence-electron chi connectivity index (χ3n) is 8.33. The van der Waals surface area contributed by atoms with Crippen molar-refractivity contribution in [1.82, 2.24) is 9.88 Å². The summed E-state index contributed by atoms with van der Waals surface area (Å²) in [6.07, 6.45) is 6.44. The van der Waals surface area contributed by atoms with Crippen molar-refractivity contribution in [1.29, 1.82) is 0 Å². The lowest BCUT2D eigenvalue weighted by Gasteiger charge is -2.27. The number of carboxylic acids is 1. The first-order valence-corrected chi connectivity index (χ1v) is 14.3. The van der Waals surface area contributed by atoms with E-state index in [1.165, 1.54) is 11.6 Å². The number of hydrogen-bond acceptors (Lipinski definition) is 7. The van der Waals surface area contributed by atoms with Crippen molar-refractivity contribution in [3.63, 3.8) is 0 Å². The number of aryl methyl sites for hydroxylation is 2. The fourth-order valence-corrected chi connectivity index (χ4v) is 6.08. The maximum atomic E-state index is 14.8. The van der Waals surface area contributed by atoms with Crippen LogP contribution in [0.4, 0.5) is 10.2 Å². The molecule has 3 unspecified atom stereocenters. The van der Waals surface area contributed by atoms with Crippen molar-refractivity contribution in [3.8, 4) is 0 Å². The molecule has 2 aromatic rings. The Morgan fingerprint density at radius 2 is 2.15 bits per heavy atom. The minimum absolute atomic E-state index is 0.00878. The predicted molar refractivity (Wildman–Crippen MR) is 145 cm³/mol. The Kier molecular flexibility index (Phi) is 9.45. The van der Waals surface area contributed by atoms with Crippen LogP contribution in [0.15, 0.2) is 30.3 Å². The highest BCUT2D eigenvalue weighted by Gasteiger charge is 2.37. The number of aliphatic carboxylic acids is 1. The molecule has 1 aromatic carbocycles. The molecule has 0 saturated carbocycles. The molecule has 4 atom stereocenters. The van der Waals surface area contributed by atoms with Gasteiger partial charge in [-0.15, -0.1) is 0 Å². The van der Waals surface area contributed by atoms with E-state index in [9.17, 15) is 19.4 Å². The van der Waals surface area contributed by atoms with Crippen molar-refractivity contribution in [2.24, 2.45) is 5.92 Å². The predicted octanol–water partition coefficient (Wildman–Crippen LogP) is 4.11. The molecule has 2 saturated heterocycles. The number of aliphatic hydroxyl groups is 1. The van der Waals surface area contributed by atoms with E-state index in [0.717, 1.165) is 56.6 Å². The molecule has 2 fully saturated rings. The number of carbonyl (C=O) groups is 1. The molecule has 1 aromatic heterocycles. The summed E-state index contributed by atoms with van der Waals surface area (Å²) in [5, 5.41) is 24.5. The van der Waals surface area contributed by atoms with E-state index in [0.29, 0.717) is 44.7 Å². The topological polar surface area (TPSA) is 104 Å². The molecule has 8 nitrogen and oxygen atoms in total. The Balaban J connectivity index is 1.14. The zero-order valence-electron chi connectivity index (χ0n) is 22.5. The number of ether oxygens (including phenoxy) is 2. The lowest BCUT2D eigenvalue weighted by atomic mass is 9.95. The van der Waals surface area contributed by atoms with Gasteiger partial charge in [0.15, 0.2) is 0 Å². The largest absolute Gasteiger partial charge is 0.480 e. The zero-order valence-corrected chi connectivity index (χ0v) is 22.5. The van der Waals surface area contributed by atoms with Crippen LogP contribution in [-0.2, 0) is 33.7 Å². The highest BCUT2D eigenvalue weighted by molar-refractivity contribution is 5.76. The third kappa shape index (κ3) is 6.95. The third-order valence-corrected chi connectivity index (χ3v) is 8.33. The molecule has 3 aliphatic rings. The van der Waals surface area contributed by atoms with Gasteiger partial charge in [-0.1, -0.05) is 24.6 Å². The summed E-state index contributed by atoms with van der Waals surface area (Å²) in [6, 6.07) is 7.87. The van der Waals surface area contributed by atoms with Crippen LogP contribution >= 0.6 is 0 Å². The molecule has 9 heteroatoms. The number of likely N-dealkylation sites (tertiary alicyclic amines) is 1. The van der Waals surface area contributed by atoms with Crippen LogP contribution in [0.25, 0.3) is 0 Å². The second-order valence-electron chi connectivity index (χ2n) is 11.0. The number of aromatic nitrogens is 1. The number of unbranched alkanes of at least 4 members (excludes halogenated alkanes) is 1. The van der Waals surface area contributed by atoms with E-state index < -0.39 is 23.9 Å². The first-order chi connectivity index (χ1) is 19.0. The lowest BCUT2D eigenvalue weighted by Crippen LogP contribution is -2.34. The van der Waals surface area contributed by atoms with Gasteiger partial charge in [0.2, 0.25) is 0 Å². The number of fused-ring (bicyclic) bond motifs is 1. The molecule has 5 rings (SSSR count). The van der Waals surface area contributed by atoms with E-state index >= 15 is 0 Å². The minimum Gasteiger partial charge on any atom is -0.480 e. The van der Waals surface area contributed by atoms with Crippen molar-refractivity contribution >= 4 is 11.8 Å². The number of nitrogens with one attached hydrogen (secondary N) is 1. The highest BCUT2D eigenvalue weighted by atomic mass is 19.1. The maximum Gasteiger partial charge on any atom is 0.325 e. The van der Waals surface area contributed by atoms with Crippen LogP contribution in [0.3, 0.4) is 0 Å². The minimum atomic E-state index is -1.02. The van der Waals surface area contributed by atoms with Gasteiger partial charge in [0.1, 0.15) is 17.7 Å². The van der Waals surface area contributed by atoms with E-state index in [1.807, 2.05) is 4.90 Å². The Hall–Kier alpha value is -2.59. The van der Waals surface area contributed by atoms with Gasteiger partial charge in [-0.05, 0) is 80.7 Å². The molecule has 39 heavy (non-hydrogen) atoms. The van der Waals surface area contributed by atoms with Crippen LogP contribution in [0, 0.1) is 11.7 Å². The summed E-state index contributed by atoms with van der Waals surface area (Å²) in [7, 11) is 0. The van der Waals surface area contributed by atoms with Gasteiger partial charge < -0.3 is 25.0 Å². The van der Waals surface area contributed by atoms with Crippen LogP contribution in [0.2, 0.25) is 0 Å². The van der Waals surface area contributed by atoms with Crippen LogP contribution < -0.4 is 5.32 Å². The van der Waals surface area contributed by atoms with Crippen LogP contribution in [0.1, 0.15) is 67.0 Å².